The lowest BCUT2D eigenvalue weighted by molar-refractivity contribution is 0.0698. The van der Waals surface area contributed by atoms with Gasteiger partial charge in [0.25, 0.3) is 0 Å². The van der Waals surface area contributed by atoms with Crippen LogP contribution in [-0.2, 0) is 14.8 Å². The molecule has 108 valence electrons. The van der Waals surface area contributed by atoms with Gasteiger partial charge < -0.3 is 9.84 Å². The van der Waals surface area contributed by atoms with E-state index in [0.717, 1.165) is 11.3 Å². The molecule has 0 unspecified atom stereocenters. The first-order valence-electron chi connectivity index (χ1n) is 5.64. The van der Waals surface area contributed by atoms with Crippen LogP contribution in [0.25, 0.3) is 0 Å². The quantitative estimate of drug-likeness (QED) is 0.825. The Hall–Kier alpha value is -0.960. The highest BCUT2D eigenvalue weighted by atomic mass is 32.2. The maximum Gasteiger partial charge on any atom is 0.347 e. The van der Waals surface area contributed by atoms with Crippen LogP contribution >= 0.6 is 11.3 Å². The minimum absolute atomic E-state index is 0.158. The van der Waals surface area contributed by atoms with Gasteiger partial charge in [-0.05, 0) is 25.3 Å². The number of thiophene rings is 1. The largest absolute Gasteiger partial charge is 0.477 e. The third-order valence-electron chi connectivity index (χ3n) is 2.50. The minimum atomic E-state index is -3.82. The minimum Gasteiger partial charge on any atom is -0.477 e. The first kappa shape index (κ1) is 16.1. The number of aromatic carboxylic acids is 1. The predicted molar refractivity (Wildman–Crippen MR) is 72.2 cm³/mol. The van der Waals surface area contributed by atoms with E-state index in [0.29, 0.717) is 0 Å². The monoisotopic (exact) mass is 307 g/mol. The predicted octanol–water partition coefficient (Wildman–Crippen LogP) is 1.49. The Morgan fingerprint density at radius 1 is 1.53 bits per heavy atom. The maximum atomic E-state index is 12.5. The van der Waals surface area contributed by atoms with Crippen LogP contribution in [0.4, 0.5) is 0 Å². The standard InChI is InChI=1S/C11H17NO5S2/c1-8(2)12(5-6-17-3)19(15,16)9-4-7-18-10(9)11(13)14/h4,7-8H,5-6H2,1-3H3,(H,13,14). The highest BCUT2D eigenvalue weighted by molar-refractivity contribution is 7.89. The SMILES string of the molecule is COCCN(C(C)C)S(=O)(=O)c1ccsc1C(=O)O. The zero-order valence-electron chi connectivity index (χ0n) is 11.0. The number of rotatable bonds is 7. The average Bonchev–Trinajstić information content (AvgIpc) is 2.78. The Balaban J connectivity index is 3.19. The van der Waals surface area contributed by atoms with Gasteiger partial charge in [0.1, 0.15) is 9.77 Å². The Morgan fingerprint density at radius 2 is 2.16 bits per heavy atom. The van der Waals surface area contributed by atoms with E-state index in [1.807, 2.05) is 0 Å². The van der Waals surface area contributed by atoms with Crippen LogP contribution in [0.15, 0.2) is 16.3 Å². The summed E-state index contributed by atoms with van der Waals surface area (Å²) in [5, 5.41) is 10.5. The van der Waals surface area contributed by atoms with Crippen molar-refractivity contribution >= 4 is 27.3 Å². The number of sulfonamides is 1. The summed E-state index contributed by atoms with van der Waals surface area (Å²) >= 11 is 0.901. The average molecular weight is 307 g/mol. The van der Waals surface area contributed by atoms with Gasteiger partial charge in [0, 0.05) is 19.7 Å². The van der Waals surface area contributed by atoms with Crippen molar-refractivity contribution < 1.29 is 23.1 Å². The lowest BCUT2D eigenvalue weighted by atomic mass is 10.4. The zero-order chi connectivity index (χ0) is 14.6. The molecule has 0 spiro atoms. The molecule has 1 aromatic rings. The molecule has 0 aliphatic carbocycles. The molecule has 1 aromatic heterocycles. The molecule has 0 aliphatic heterocycles. The second kappa shape index (κ2) is 6.47. The molecular weight excluding hydrogens is 290 g/mol. The molecule has 1 rings (SSSR count). The van der Waals surface area contributed by atoms with Gasteiger partial charge in [0.2, 0.25) is 10.0 Å². The molecule has 0 aliphatic rings. The Morgan fingerprint density at radius 3 is 2.63 bits per heavy atom. The number of ether oxygens (including phenoxy) is 1. The summed E-state index contributed by atoms with van der Waals surface area (Å²) in [6.45, 7) is 3.91. The first-order valence-corrected chi connectivity index (χ1v) is 7.96. The number of hydrogen-bond acceptors (Lipinski definition) is 5. The molecule has 0 bridgehead atoms. The molecule has 0 radical (unpaired) electrons. The fourth-order valence-corrected chi connectivity index (χ4v) is 4.48. The Labute approximate surface area is 116 Å². The van der Waals surface area contributed by atoms with Crippen LogP contribution in [-0.4, -0.2) is 50.1 Å². The number of nitrogens with zero attached hydrogens (tertiary/aromatic N) is 1. The zero-order valence-corrected chi connectivity index (χ0v) is 12.6. The van der Waals surface area contributed by atoms with Crippen LogP contribution in [0, 0.1) is 0 Å². The molecule has 1 heterocycles. The normalized spacial score (nSPS) is 12.3. The summed E-state index contributed by atoms with van der Waals surface area (Å²) in [6.07, 6.45) is 0. The van der Waals surface area contributed by atoms with Gasteiger partial charge in [-0.15, -0.1) is 11.3 Å². The molecule has 19 heavy (non-hydrogen) atoms. The molecular formula is C11H17NO5S2. The van der Waals surface area contributed by atoms with Crippen molar-refractivity contribution in [3.63, 3.8) is 0 Å². The highest BCUT2D eigenvalue weighted by Gasteiger charge is 2.31. The fourth-order valence-electron chi connectivity index (χ4n) is 1.62. The van der Waals surface area contributed by atoms with Gasteiger partial charge in [0.15, 0.2) is 0 Å². The van der Waals surface area contributed by atoms with Crippen molar-refractivity contribution in [2.75, 3.05) is 20.3 Å². The topological polar surface area (TPSA) is 83.9 Å². The van der Waals surface area contributed by atoms with E-state index in [9.17, 15) is 13.2 Å². The number of carbonyl (C=O) groups is 1. The van der Waals surface area contributed by atoms with E-state index in [4.69, 9.17) is 9.84 Å². The van der Waals surface area contributed by atoms with E-state index >= 15 is 0 Å². The van der Waals surface area contributed by atoms with Crippen molar-refractivity contribution in [3.8, 4) is 0 Å². The number of carboxylic acids is 1. The van der Waals surface area contributed by atoms with Gasteiger partial charge in [-0.1, -0.05) is 0 Å². The third-order valence-corrected chi connectivity index (χ3v) is 5.65. The van der Waals surface area contributed by atoms with Gasteiger partial charge >= 0.3 is 5.97 Å². The fraction of sp³-hybridized carbons (Fsp3) is 0.545. The van der Waals surface area contributed by atoms with E-state index in [1.165, 1.54) is 22.9 Å². The lowest BCUT2D eigenvalue weighted by Gasteiger charge is -2.25. The lowest BCUT2D eigenvalue weighted by Crippen LogP contribution is -2.39. The molecule has 0 amide bonds. The summed E-state index contributed by atoms with van der Waals surface area (Å²) in [6, 6.07) is 1.05. The van der Waals surface area contributed by atoms with E-state index in [2.05, 4.69) is 0 Å². The van der Waals surface area contributed by atoms with Gasteiger partial charge in [-0.3, -0.25) is 0 Å². The summed E-state index contributed by atoms with van der Waals surface area (Å²) in [7, 11) is -2.34. The molecule has 1 N–H and O–H groups in total. The highest BCUT2D eigenvalue weighted by Crippen LogP contribution is 2.26. The van der Waals surface area contributed by atoms with Crippen molar-refractivity contribution in [2.24, 2.45) is 0 Å². The summed E-state index contributed by atoms with van der Waals surface area (Å²) < 4.78 is 31.1. The summed E-state index contributed by atoms with van der Waals surface area (Å²) in [4.78, 5) is 10.7. The van der Waals surface area contributed by atoms with Crippen molar-refractivity contribution in [1.29, 1.82) is 0 Å². The number of methoxy groups -OCH3 is 1. The second-order valence-electron chi connectivity index (χ2n) is 4.12. The van der Waals surface area contributed by atoms with Gasteiger partial charge in [0.05, 0.1) is 6.61 Å². The van der Waals surface area contributed by atoms with Crippen LogP contribution in [0.5, 0.6) is 0 Å². The smallest absolute Gasteiger partial charge is 0.347 e. The van der Waals surface area contributed by atoms with Crippen LogP contribution in [0.1, 0.15) is 23.5 Å². The Bertz CT molecular complexity index is 535. The maximum absolute atomic E-state index is 12.5. The van der Waals surface area contributed by atoms with Crippen molar-refractivity contribution in [3.05, 3.63) is 16.3 Å². The van der Waals surface area contributed by atoms with Crippen LogP contribution < -0.4 is 0 Å². The molecule has 0 saturated heterocycles. The van der Waals surface area contributed by atoms with Crippen LogP contribution in [0.2, 0.25) is 0 Å². The third kappa shape index (κ3) is 3.53. The number of carboxylic acid groups (broad SMARTS) is 1. The molecule has 0 aromatic carbocycles. The van der Waals surface area contributed by atoms with Gasteiger partial charge in [-0.2, -0.15) is 4.31 Å². The molecule has 0 saturated carbocycles. The Kier molecular flexibility index (Phi) is 5.48. The number of hydrogen-bond donors (Lipinski definition) is 1. The molecule has 0 fully saturated rings. The van der Waals surface area contributed by atoms with E-state index in [-0.39, 0.29) is 29.0 Å². The molecule has 0 atom stereocenters. The summed E-state index contributed by atoms with van der Waals surface area (Å²) in [5.74, 6) is -1.23. The first-order chi connectivity index (χ1) is 8.82. The van der Waals surface area contributed by atoms with E-state index in [1.54, 1.807) is 13.8 Å². The molecule has 6 nitrogen and oxygen atoms in total. The van der Waals surface area contributed by atoms with Gasteiger partial charge in [-0.25, -0.2) is 13.2 Å². The van der Waals surface area contributed by atoms with Crippen LogP contribution in [0.3, 0.4) is 0 Å². The summed E-state index contributed by atoms with van der Waals surface area (Å²) in [5.41, 5.74) is 0. The molecule has 8 heteroatoms. The van der Waals surface area contributed by atoms with Crippen molar-refractivity contribution in [2.45, 2.75) is 24.8 Å². The second-order valence-corrected chi connectivity index (χ2v) is 6.90. The van der Waals surface area contributed by atoms with Crippen molar-refractivity contribution in [1.82, 2.24) is 4.31 Å². The van der Waals surface area contributed by atoms with E-state index < -0.39 is 16.0 Å².